The van der Waals surface area contributed by atoms with Crippen molar-refractivity contribution in [3.05, 3.63) is 0 Å². The zero-order chi connectivity index (χ0) is 10.7. The van der Waals surface area contributed by atoms with Gasteiger partial charge < -0.3 is 4.74 Å². The molecular formula is C4H4BrF3O4S. The summed E-state index contributed by atoms with van der Waals surface area (Å²) in [5, 5.41) is -5.09. The Morgan fingerprint density at radius 2 is 1.92 bits per heavy atom. The highest BCUT2D eigenvalue weighted by Gasteiger charge is 2.55. The van der Waals surface area contributed by atoms with Gasteiger partial charge in [-0.15, -0.1) is 0 Å². The van der Waals surface area contributed by atoms with Crippen molar-refractivity contribution in [1.29, 1.82) is 0 Å². The van der Waals surface area contributed by atoms with Crippen molar-refractivity contribution in [2.75, 3.05) is 11.9 Å². The topological polar surface area (TPSA) is 60.4 Å². The smallest absolute Gasteiger partial charge is 0.459 e. The maximum absolute atomic E-state index is 12.2. The molecule has 0 radical (unpaired) electrons. The zero-order valence-electron chi connectivity index (χ0n) is 5.97. The van der Waals surface area contributed by atoms with Crippen LogP contribution in [-0.2, 0) is 19.8 Å². The van der Waals surface area contributed by atoms with Gasteiger partial charge in [0.1, 0.15) is 6.61 Å². The number of rotatable bonds is 4. The fourth-order valence-corrected chi connectivity index (χ4v) is 0.735. The fraction of sp³-hybridized carbons (Fsp3) is 0.750. The summed E-state index contributed by atoms with van der Waals surface area (Å²) in [5.74, 6) is -2.42. The van der Waals surface area contributed by atoms with Crippen molar-refractivity contribution in [2.24, 2.45) is 0 Å². The minimum Gasteiger partial charge on any atom is -0.459 e. The van der Waals surface area contributed by atoms with E-state index in [1.807, 2.05) is 0 Å². The van der Waals surface area contributed by atoms with Crippen molar-refractivity contribution in [2.45, 2.75) is 5.25 Å². The van der Waals surface area contributed by atoms with Gasteiger partial charge in [0, 0.05) is 5.33 Å². The Labute approximate surface area is 80.4 Å². The molecule has 0 bridgehead atoms. The van der Waals surface area contributed by atoms with E-state index in [1.165, 1.54) is 0 Å². The third-order valence-electron chi connectivity index (χ3n) is 0.854. The van der Waals surface area contributed by atoms with E-state index < -0.39 is 28.1 Å². The van der Waals surface area contributed by atoms with Crippen molar-refractivity contribution >= 4 is 32.1 Å². The van der Waals surface area contributed by atoms with Crippen LogP contribution in [0.1, 0.15) is 0 Å². The monoisotopic (exact) mass is 284 g/mol. The predicted octanol–water partition coefficient (Wildman–Crippen LogP) is 0.817. The number of ether oxygens (including phenoxy) is 1. The molecule has 4 nitrogen and oxygen atoms in total. The molecule has 13 heavy (non-hydrogen) atoms. The standard InChI is InChI=1S/C4H4BrF3O4S/c5-1-2-12-3(9)4(6,7)13(8,10)11/h1-2H2. The van der Waals surface area contributed by atoms with Gasteiger partial charge >= 0.3 is 21.4 Å². The van der Waals surface area contributed by atoms with Crippen LogP contribution in [0, 0.1) is 0 Å². The molecule has 0 unspecified atom stereocenters. The van der Waals surface area contributed by atoms with E-state index in [9.17, 15) is 25.9 Å². The lowest BCUT2D eigenvalue weighted by Gasteiger charge is -2.09. The second kappa shape index (κ2) is 4.27. The Balaban J connectivity index is 4.57. The van der Waals surface area contributed by atoms with Crippen LogP contribution in [0.4, 0.5) is 12.7 Å². The molecule has 9 heteroatoms. The highest BCUT2D eigenvalue weighted by Crippen LogP contribution is 2.24. The summed E-state index contributed by atoms with van der Waals surface area (Å²) < 4.78 is 59.3. The van der Waals surface area contributed by atoms with Gasteiger partial charge in [-0.3, -0.25) is 0 Å². The molecule has 0 aliphatic carbocycles. The van der Waals surface area contributed by atoms with Gasteiger partial charge in [-0.25, -0.2) is 4.79 Å². The summed E-state index contributed by atoms with van der Waals surface area (Å²) in [4.78, 5) is 10.3. The van der Waals surface area contributed by atoms with Crippen LogP contribution in [0.3, 0.4) is 0 Å². The second-order valence-electron chi connectivity index (χ2n) is 1.78. The van der Waals surface area contributed by atoms with Crippen LogP contribution in [-0.4, -0.2) is 31.6 Å². The first-order valence-electron chi connectivity index (χ1n) is 2.78. The minimum atomic E-state index is -6.26. The maximum atomic E-state index is 12.2. The quantitative estimate of drug-likeness (QED) is 0.436. The van der Waals surface area contributed by atoms with Gasteiger partial charge in [-0.2, -0.15) is 17.2 Å². The molecule has 0 saturated heterocycles. The van der Waals surface area contributed by atoms with Gasteiger partial charge in [0.15, 0.2) is 0 Å². The number of carbonyl (C=O) groups is 1. The molecule has 0 atom stereocenters. The molecule has 0 aliphatic heterocycles. The van der Waals surface area contributed by atoms with Gasteiger partial charge in [0.05, 0.1) is 0 Å². The average Bonchev–Trinajstić information content (AvgIpc) is 1.97. The molecule has 0 N–H and O–H groups in total. The molecule has 0 amide bonds. The number of alkyl halides is 3. The number of esters is 1. The Kier molecular flexibility index (Phi) is 4.17. The summed E-state index contributed by atoms with van der Waals surface area (Å²) in [7, 11) is -6.26. The summed E-state index contributed by atoms with van der Waals surface area (Å²) >= 11 is 2.73. The van der Waals surface area contributed by atoms with E-state index >= 15 is 0 Å². The molecule has 0 aromatic heterocycles. The highest BCUT2D eigenvalue weighted by atomic mass is 79.9. The maximum Gasteiger partial charge on any atom is 0.470 e. The van der Waals surface area contributed by atoms with E-state index in [1.54, 1.807) is 0 Å². The molecule has 0 rings (SSSR count). The highest BCUT2D eigenvalue weighted by molar-refractivity contribution is 9.09. The predicted molar refractivity (Wildman–Crippen MR) is 39.7 cm³/mol. The lowest BCUT2D eigenvalue weighted by Crippen LogP contribution is -2.37. The molecule has 78 valence electrons. The Morgan fingerprint density at radius 1 is 1.46 bits per heavy atom. The number of hydrogen-bond donors (Lipinski definition) is 0. The SMILES string of the molecule is O=C(OCCBr)C(F)(F)S(=O)(=O)F. The van der Waals surface area contributed by atoms with Crippen LogP contribution in [0.5, 0.6) is 0 Å². The molecule has 0 aromatic rings. The van der Waals surface area contributed by atoms with Crippen molar-refractivity contribution < 1.29 is 30.6 Å². The van der Waals surface area contributed by atoms with E-state index in [0.29, 0.717) is 0 Å². The van der Waals surface area contributed by atoms with Crippen molar-refractivity contribution in [3.8, 4) is 0 Å². The van der Waals surface area contributed by atoms with E-state index in [4.69, 9.17) is 0 Å². The van der Waals surface area contributed by atoms with Crippen molar-refractivity contribution in [3.63, 3.8) is 0 Å². The molecule has 0 spiro atoms. The van der Waals surface area contributed by atoms with Gasteiger partial charge in [0.25, 0.3) is 0 Å². The van der Waals surface area contributed by atoms with Crippen LogP contribution in [0.25, 0.3) is 0 Å². The largest absolute Gasteiger partial charge is 0.470 e. The number of hydrogen-bond acceptors (Lipinski definition) is 4. The first kappa shape index (κ1) is 12.7. The molecule has 0 saturated carbocycles. The normalized spacial score (nSPS) is 12.6. The summed E-state index contributed by atoms with van der Waals surface area (Å²) in [6.45, 7) is -0.468. The molecule has 0 heterocycles. The Hall–Kier alpha value is -0.310. The van der Waals surface area contributed by atoms with E-state index in [2.05, 4.69) is 20.7 Å². The average molecular weight is 285 g/mol. The van der Waals surface area contributed by atoms with Crippen molar-refractivity contribution in [1.82, 2.24) is 0 Å². The third kappa shape index (κ3) is 3.14. The first-order valence-corrected chi connectivity index (χ1v) is 5.29. The number of carbonyl (C=O) groups excluding carboxylic acids is 1. The fourth-order valence-electron chi connectivity index (χ4n) is 0.315. The summed E-state index contributed by atoms with van der Waals surface area (Å²) in [5.41, 5.74) is 0. The van der Waals surface area contributed by atoms with E-state index in [-0.39, 0.29) is 5.33 Å². The lowest BCUT2D eigenvalue weighted by atomic mass is 10.7. The number of halogens is 4. The van der Waals surface area contributed by atoms with Crippen LogP contribution < -0.4 is 0 Å². The van der Waals surface area contributed by atoms with Crippen LogP contribution in [0.15, 0.2) is 0 Å². The van der Waals surface area contributed by atoms with Gasteiger partial charge in [-0.05, 0) is 0 Å². The second-order valence-corrected chi connectivity index (χ2v) is 3.96. The Morgan fingerprint density at radius 3 is 2.23 bits per heavy atom. The lowest BCUT2D eigenvalue weighted by molar-refractivity contribution is -0.160. The molecule has 0 aliphatic rings. The van der Waals surface area contributed by atoms with Gasteiger partial charge in [-0.1, -0.05) is 19.8 Å². The molecule has 0 fully saturated rings. The van der Waals surface area contributed by atoms with Gasteiger partial charge in [0.2, 0.25) is 0 Å². The molecule has 0 aromatic carbocycles. The van der Waals surface area contributed by atoms with Crippen LogP contribution in [0.2, 0.25) is 0 Å². The van der Waals surface area contributed by atoms with E-state index in [0.717, 1.165) is 0 Å². The summed E-state index contributed by atoms with van der Waals surface area (Å²) in [6.07, 6.45) is 0. The Bertz CT molecular complexity index is 288. The zero-order valence-corrected chi connectivity index (χ0v) is 8.37. The minimum absolute atomic E-state index is 0.0428. The summed E-state index contributed by atoms with van der Waals surface area (Å²) in [6, 6.07) is 0. The third-order valence-corrected chi connectivity index (χ3v) is 1.96. The first-order chi connectivity index (χ1) is 5.73. The van der Waals surface area contributed by atoms with Crippen LogP contribution >= 0.6 is 15.9 Å². The molecular weight excluding hydrogens is 281 g/mol.